The second-order valence-corrected chi connectivity index (χ2v) is 10.0. The monoisotopic (exact) mass is 323 g/mol. The number of thioether (sulfide) groups is 1. The quantitative estimate of drug-likeness (QED) is 0.631. The van der Waals surface area contributed by atoms with E-state index < -0.39 is 7.26 Å². The summed E-state index contributed by atoms with van der Waals surface area (Å²) in [5.41, 5.74) is 1.13. The zero-order valence-electron chi connectivity index (χ0n) is 12.7. The molecule has 110 valence electrons. The van der Waals surface area contributed by atoms with Gasteiger partial charge in [0.25, 0.3) is 0 Å². The van der Waals surface area contributed by atoms with Crippen molar-refractivity contribution < 1.29 is 0 Å². The van der Waals surface area contributed by atoms with Crippen LogP contribution in [0.4, 0.5) is 0 Å². The zero-order chi connectivity index (χ0) is 15.3. The molecule has 0 saturated heterocycles. The van der Waals surface area contributed by atoms with Gasteiger partial charge >= 0.3 is 0 Å². The minimum atomic E-state index is -1.59. The van der Waals surface area contributed by atoms with E-state index >= 15 is 0 Å². The number of hydrogen-bond donors (Lipinski definition) is 0. The van der Waals surface area contributed by atoms with Gasteiger partial charge < -0.3 is 0 Å². The summed E-state index contributed by atoms with van der Waals surface area (Å²) >= 11 is 1.94. The molecular weight excluding hydrogens is 303 g/mol. The van der Waals surface area contributed by atoms with Gasteiger partial charge in [0.15, 0.2) is 0 Å². The van der Waals surface area contributed by atoms with Crippen molar-refractivity contribution in [3.8, 4) is 0 Å². The maximum absolute atomic E-state index is 2.30. The lowest BCUT2D eigenvalue weighted by atomic mass is 10.4. The van der Waals surface area contributed by atoms with Crippen molar-refractivity contribution in [1.82, 2.24) is 0 Å². The Morgan fingerprint density at radius 2 is 0.909 bits per heavy atom. The fourth-order valence-corrected chi connectivity index (χ4v) is 9.19. The first-order valence-electron chi connectivity index (χ1n) is 7.42. The molecule has 0 aliphatic heterocycles. The summed E-state index contributed by atoms with van der Waals surface area (Å²) in [7, 11) is -1.59. The summed E-state index contributed by atoms with van der Waals surface area (Å²) in [5, 5.41) is 4.38. The van der Waals surface area contributed by atoms with Crippen molar-refractivity contribution in [2.24, 2.45) is 0 Å². The third-order valence-corrected chi connectivity index (χ3v) is 10.0. The van der Waals surface area contributed by atoms with Gasteiger partial charge in [0.05, 0.1) is 0 Å². The van der Waals surface area contributed by atoms with Crippen LogP contribution in [-0.4, -0.2) is 11.7 Å². The topological polar surface area (TPSA) is 0 Å². The summed E-state index contributed by atoms with van der Waals surface area (Å²) in [6, 6.07) is 33.1. The summed E-state index contributed by atoms with van der Waals surface area (Å²) in [4.78, 5) is 0. The van der Waals surface area contributed by atoms with Crippen molar-refractivity contribution in [3.05, 3.63) is 91.0 Å². The predicted octanol–water partition coefficient (Wildman–Crippen LogP) is 4.30. The molecule has 0 bridgehead atoms. The van der Waals surface area contributed by atoms with E-state index in [1.807, 2.05) is 11.8 Å². The van der Waals surface area contributed by atoms with Gasteiger partial charge in [0, 0.05) is 0 Å². The Morgan fingerprint density at radius 1 is 0.591 bits per heavy atom. The maximum atomic E-state index is 2.30. The minimum Gasteiger partial charge on any atom is -0.124 e. The molecular formula is C20H20PS+. The summed E-state index contributed by atoms with van der Waals surface area (Å²) in [6.07, 6.45) is 2.21. The van der Waals surface area contributed by atoms with Gasteiger partial charge in [-0.05, 0) is 42.7 Å². The molecule has 22 heavy (non-hydrogen) atoms. The van der Waals surface area contributed by atoms with Crippen LogP contribution in [-0.2, 0) is 0 Å². The third kappa shape index (κ3) is 2.84. The first kappa shape index (κ1) is 15.3. The summed E-state index contributed by atoms with van der Waals surface area (Å²) in [6.45, 7) is 0. The highest BCUT2D eigenvalue weighted by atomic mass is 32.2. The fraction of sp³-hybridized carbons (Fsp3) is 0.100. The SMILES string of the molecule is CSC[P+](c1ccccc1)(c1ccccc1)c1ccccc1. The lowest BCUT2D eigenvalue weighted by Crippen LogP contribution is -2.32. The molecule has 0 N–H and O–H groups in total. The molecule has 0 nitrogen and oxygen atoms in total. The van der Waals surface area contributed by atoms with Crippen LogP contribution in [0.15, 0.2) is 91.0 Å². The van der Waals surface area contributed by atoms with Crippen LogP contribution in [0.2, 0.25) is 0 Å². The molecule has 0 aliphatic rings. The van der Waals surface area contributed by atoms with E-state index in [1.54, 1.807) is 0 Å². The number of hydrogen-bond acceptors (Lipinski definition) is 1. The normalized spacial score (nSPS) is 11.3. The summed E-state index contributed by atoms with van der Waals surface area (Å²) in [5.74, 6) is 0. The molecule has 0 radical (unpaired) electrons. The van der Waals surface area contributed by atoms with E-state index in [9.17, 15) is 0 Å². The first-order valence-corrected chi connectivity index (χ1v) is 10.8. The van der Waals surface area contributed by atoms with E-state index in [0.717, 1.165) is 5.49 Å². The van der Waals surface area contributed by atoms with Crippen molar-refractivity contribution in [2.45, 2.75) is 0 Å². The van der Waals surface area contributed by atoms with Gasteiger partial charge in [-0.1, -0.05) is 54.6 Å². The molecule has 0 aromatic heterocycles. The highest BCUT2D eigenvalue weighted by molar-refractivity contribution is 8.12. The van der Waals surface area contributed by atoms with E-state index in [2.05, 4.69) is 97.3 Å². The van der Waals surface area contributed by atoms with Gasteiger partial charge in [0.2, 0.25) is 0 Å². The van der Waals surface area contributed by atoms with Gasteiger partial charge in [-0.15, -0.1) is 11.8 Å². The number of rotatable bonds is 5. The van der Waals surface area contributed by atoms with Crippen molar-refractivity contribution in [3.63, 3.8) is 0 Å². The Balaban J connectivity index is 2.29. The van der Waals surface area contributed by atoms with Crippen molar-refractivity contribution in [2.75, 3.05) is 11.7 Å². The average Bonchev–Trinajstić information content (AvgIpc) is 2.62. The Kier molecular flexibility index (Phi) is 4.97. The van der Waals surface area contributed by atoms with Crippen LogP contribution >= 0.6 is 19.0 Å². The second kappa shape index (κ2) is 7.13. The lowest BCUT2D eigenvalue weighted by molar-refractivity contribution is 1.71. The van der Waals surface area contributed by atoms with Gasteiger partial charge in [-0.2, -0.15) is 0 Å². The largest absolute Gasteiger partial charge is 0.124 e. The highest BCUT2D eigenvalue weighted by Gasteiger charge is 2.44. The van der Waals surface area contributed by atoms with Crippen LogP contribution in [0.25, 0.3) is 0 Å². The Labute approximate surface area is 137 Å². The molecule has 3 rings (SSSR count). The number of benzene rings is 3. The van der Waals surface area contributed by atoms with Crippen LogP contribution in [0, 0.1) is 0 Å². The average molecular weight is 323 g/mol. The van der Waals surface area contributed by atoms with Crippen LogP contribution in [0.5, 0.6) is 0 Å². The highest BCUT2D eigenvalue weighted by Crippen LogP contribution is 2.57. The van der Waals surface area contributed by atoms with Gasteiger partial charge in [0.1, 0.15) is 28.7 Å². The molecule has 3 aromatic rings. The molecule has 0 fully saturated rings. The molecule has 0 atom stereocenters. The molecule has 0 aliphatic carbocycles. The zero-order valence-corrected chi connectivity index (χ0v) is 14.4. The molecule has 3 aromatic carbocycles. The molecule has 0 unspecified atom stereocenters. The molecule has 0 spiro atoms. The molecule has 0 heterocycles. The van der Waals surface area contributed by atoms with Crippen molar-refractivity contribution >= 4 is 34.9 Å². The van der Waals surface area contributed by atoms with Gasteiger partial charge in [-0.25, -0.2) is 0 Å². The standard InChI is InChI=1S/C20H20PS/c1-22-17-21(18-11-5-2-6-12-18,19-13-7-3-8-14-19)20-15-9-4-10-16-20/h2-16H,17H2,1H3/q+1. The maximum Gasteiger partial charge on any atom is 0.122 e. The minimum absolute atomic E-state index is 1.13. The summed E-state index contributed by atoms with van der Waals surface area (Å²) < 4.78 is 0. The van der Waals surface area contributed by atoms with E-state index in [1.165, 1.54) is 15.9 Å². The van der Waals surface area contributed by atoms with E-state index in [-0.39, 0.29) is 0 Å². The molecule has 0 amide bonds. The van der Waals surface area contributed by atoms with Gasteiger partial charge in [-0.3, -0.25) is 0 Å². The first-order chi connectivity index (χ1) is 10.9. The van der Waals surface area contributed by atoms with Crippen LogP contribution in [0.1, 0.15) is 0 Å². The van der Waals surface area contributed by atoms with E-state index in [0.29, 0.717) is 0 Å². The Hall–Kier alpha value is -1.56. The Morgan fingerprint density at radius 3 is 1.18 bits per heavy atom. The van der Waals surface area contributed by atoms with E-state index in [4.69, 9.17) is 0 Å². The smallest absolute Gasteiger partial charge is 0.122 e. The van der Waals surface area contributed by atoms with Crippen molar-refractivity contribution in [1.29, 1.82) is 0 Å². The lowest BCUT2D eigenvalue weighted by Gasteiger charge is -2.26. The third-order valence-electron chi connectivity index (χ3n) is 3.91. The fourth-order valence-electron chi connectivity index (χ4n) is 2.91. The molecule has 2 heteroatoms. The Bertz CT molecular complexity index is 599. The molecule has 0 saturated carbocycles. The second-order valence-electron chi connectivity index (χ2n) is 5.23. The van der Waals surface area contributed by atoms with Crippen LogP contribution < -0.4 is 15.9 Å². The van der Waals surface area contributed by atoms with Crippen LogP contribution in [0.3, 0.4) is 0 Å². The predicted molar refractivity (Wildman–Crippen MR) is 104 cm³/mol.